The number of rotatable bonds is 7. The standard InChI is InChI=1S/C31H22FI2N3O4S/c1-3-40-30(39)26-17(2)36-31-37(27(26)20-8-10-22(32)11-9-20)29(38)25(42-31)13-21-12-23(33)14-24(34)28(21)41-16-19-6-4-18(15-35)5-7-19/h4-14,27H,3,16H2,1-2H3/b25-13-/t27-/m0/s1. The Morgan fingerprint density at radius 2 is 1.88 bits per heavy atom. The van der Waals surface area contributed by atoms with Crippen LogP contribution in [0.5, 0.6) is 5.75 Å². The molecule has 1 aromatic heterocycles. The van der Waals surface area contributed by atoms with Crippen molar-refractivity contribution in [1.82, 2.24) is 4.57 Å². The molecule has 5 rings (SSSR count). The highest BCUT2D eigenvalue weighted by Crippen LogP contribution is 2.32. The van der Waals surface area contributed by atoms with E-state index in [2.05, 4.69) is 56.2 Å². The number of nitriles is 1. The maximum Gasteiger partial charge on any atom is 0.338 e. The lowest BCUT2D eigenvalue weighted by molar-refractivity contribution is -0.139. The summed E-state index contributed by atoms with van der Waals surface area (Å²) in [6.07, 6.45) is 1.77. The van der Waals surface area contributed by atoms with Crippen molar-refractivity contribution in [2.45, 2.75) is 26.5 Å². The summed E-state index contributed by atoms with van der Waals surface area (Å²) in [5.74, 6) is -0.385. The van der Waals surface area contributed by atoms with Crippen molar-refractivity contribution in [1.29, 1.82) is 5.26 Å². The third-order valence-corrected chi connectivity index (χ3v) is 8.90. The lowest BCUT2D eigenvalue weighted by Gasteiger charge is -2.24. The van der Waals surface area contributed by atoms with Crippen molar-refractivity contribution < 1.29 is 18.7 Å². The fraction of sp³-hybridized carbons (Fsp3) is 0.161. The maximum atomic E-state index is 14.0. The molecule has 212 valence electrons. The molecule has 7 nitrogen and oxygen atoms in total. The van der Waals surface area contributed by atoms with Crippen LogP contribution < -0.4 is 19.6 Å². The van der Waals surface area contributed by atoms with E-state index in [9.17, 15) is 14.0 Å². The van der Waals surface area contributed by atoms with Crippen LogP contribution in [-0.2, 0) is 16.1 Å². The zero-order chi connectivity index (χ0) is 30.0. The number of nitrogens with zero attached hydrogens (tertiary/aromatic N) is 3. The van der Waals surface area contributed by atoms with Gasteiger partial charge in [0, 0.05) is 9.13 Å². The molecule has 3 aromatic carbocycles. The van der Waals surface area contributed by atoms with E-state index in [0.717, 1.165) is 12.7 Å². The second-order valence-corrected chi connectivity index (χ2v) is 12.7. The van der Waals surface area contributed by atoms with E-state index in [1.807, 2.05) is 24.3 Å². The van der Waals surface area contributed by atoms with Gasteiger partial charge in [-0.05, 0) is 113 Å². The Kier molecular flexibility index (Phi) is 9.24. The van der Waals surface area contributed by atoms with Crippen LogP contribution >= 0.6 is 56.5 Å². The molecule has 0 saturated carbocycles. The summed E-state index contributed by atoms with van der Waals surface area (Å²) in [7, 11) is 0. The molecule has 0 fully saturated rings. The molecule has 0 bridgehead atoms. The number of halogens is 3. The van der Waals surface area contributed by atoms with Crippen LogP contribution in [0.15, 0.2) is 81.7 Å². The Bertz CT molecular complexity index is 1940. The fourth-order valence-electron chi connectivity index (χ4n) is 4.56. The molecule has 0 amide bonds. The minimum absolute atomic E-state index is 0.159. The summed E-state index contributed by atoms with van der Waals surface area (Å²) in [6, 6.07) is 18.1. The molecule has 1 atom stereocenters. The number of allylic oxidation sites excluding steroid dienone is 1. The number of hydrogen-bond acceptors (Lipinski definition) is 7. The van der Waals surface area contributed by atoms with Crippen LogP contribution in [0, 0.1) is 24.3 Å². The number of fused-ring (bicyclic) bond motifs is 1. The van der Waals surface area contributed by atoms with Crippen molar-refractivity contribution in [3.05, 3.63) is 127 Å². The molecule has 42 heavy (non-hydrogen) atoms. The smallest absolute Gasteiger partial charge is 0.338 e. The minimum Gasteiger partial charge on any atom is -0.487 e. The van der Waals surface area contributed by atoms with E-state index in [1.165, 1.54) is 28.0 Å². The number of carbonyl (C=O) groups excluding carboxylic acids is 1. The third kappa shape index (κ3) is 6.20. The van der Waals surface area contributed by atoms with Gasteiger partial charge in [0.2, 0.25) is 0 Å². The summed E-state index contributed by atoms with van der Waals surface area (Å²) in [4.78, 5) is 32.1. The van der Waals surface area contributed by atoms with Crippen LogP contribution in [0.3, 0.4) is 0 Å². The number of thiazole rings is 1. The van der Waals surface area contributed by atoms with Crippen LogP contribution in [0.1, 0.15) is 42.1 Å². The number of carbonyl (C=O) groups is 1. The molecule has 2 heterocycles. The summed E-state index contributed by atoms with van der Waals surface area (Å²) in [6.45, 7) is 3.85. The number of hydrogen-bond donors (Lipinski definition) is 0. The van der Waals surface area contributed by atoms with E-state index in [4.69, 9.17) is 14.7 Å². The number of esters is 1. The van der Waals surface area contributed by atoms with E-state index in [0.29, 0.717) is 37.5 Å². The first-order valence-electron chi connectivity index (χ1n) is 12.8. The highest BCUT2D eigenvalue weighted by Gasteiger charge is 2.33. The van der Waals surface area contributed by atoms with Crippen LogP contribution in [0.25, 0.3) is 6.08 Å². The van der Waals surface area contributed by atoms with Crippen LogP contribution in [-0.4, -0.2) is 17.1 Å². The quantitative estimate of drug-likeness (QED) is 0.179. The normalized spacial score (nSPS) is 14.7. The molecular weight excluding hydrogens is 783 g/mol. The van der Waals surface area contributed by atoms with Gasteiger partial charge in [0.25, 0.3) is 5.56 Å². The lowest BCUT2D eigenvalue weighted by atomic mass is 9.96. The Balaban J connectivity index is 1.62. The first-order chi connectivity index (χ1) is 20.2. The predicted octanol–water partition coefficient (Wildman–Crippen LogP) is 5.60. The zero-order valence-corrected chi connectivity index (χ0v) is 27.5. The Labute approximate surface area is 271 Å². The molecule has 4 aromatic rings. The number of benzene rings is 3. The molecule has 11 heteroatoms. The van der Waals surface area contributed by atoms with Gasteiger partial charge in [0.15, 0.2) is 4.80 Å². The van der Waals surface area contributed by atoms with Crippen molar-refractivity contribution in [3.8, 4) is 11.8 Å². The van der Waals surface area contributed by atoms with E-state index >= 15 is 0 Å². The SMILES string of the molecule is CCOC(=O)C1=C(C)N=c2s/c(=C\c3cc(I)cc(I)c3OCc3ccc(C#N)cc3)c(=O)n2[C@H]1c1ccc(F)cc1. The minimum atomic E-state index is -0.828. The van der Waals surface area contributed by atoms with Crippen LogP contribution in [0.4, 0.5) is 4.39 Å². The Morgan fingerprint density at radius 1 is 1.17 bits per heavy atom. The number of ether oxygens (including phenoxy) is 2. The molecule has 1 aliphatic heterocycles. The van der Waals surface area contributed by atoms with Crippen molar-refractivity contribution >= 4 is 68.6 Å². The van der Waals surface area contributed by atoms with Crippen molar-refractivity contribution in [3.63, 3.8) is 0 Å². The molecule has 0 saturated heterocycles. The first-order valence-corrected chi connectivity index (χ1v) is 15.7. The van der Waals surface area contributed by atoms with Gasteiger partial charge in [0.05, 0.1) is 43.7 Å². The molecule has 1 aliphatic rings. The van der Waals surface area contributed by atoms with Gasteiger partial charge in [-0.3, -0.25) is 9.36 Å². The Hall–Kier alpha value is -3.35. The predicted molar refractivity (Wildman–Crippen MR) is 174 cm³/mol. The summed E-state index contributed by atoms with van der Waals surface area (Å²) < 4.78 is 29.1. The zero-order valence-electron chi connectivity index (χ0n) is 22.4. The second-order valence-electron chi connectivity index (χ2n) is 9.26. The largest absolute Gasteiger partial charge is 0.487 e. The van der Waals surface area contributed by atoms with Crippen molar-refractivity contribution in [2.24, 2.45) is 4.99 Å². The first kappa shape index (κ1) is 30.1. The van der Waals surface area contributed by atoms with Crippen LogP contribution in [0.2, 0.25) is 0 Å². The van der Waals surface area contributed by atoms with Gasteiger partial charge in [-0.15, -0.1) is 0 Å². The molecule has 0 aliphatic carbocycles. The monoisotopic (exact) mass is 805 g/mol. The lowest BCUT2D eigenvalue weighted by Crippen LogP contribution is -2.39. The average Bonchev–Trinajstić information content (AvgIpc) is 3.26. The fourth-order valence-corrected chi connectivity index (χ4v) is 7.65. The summed E-state index contributed by atoms with van der Waals surface area (Å²) in [5, 5.41) is 9.07. The van der Waals surface area contributed by atoms with Gasteiger partial charge in [-0.2, -0.15) is 5.26 Å². The Morgan fingerprint density at radius 3 is 2.55 bits per heavy atom. The van der Waals surface area contributed by atoms with E-state index in [-0.39, 0.29) is 24.3 Å². The third-order valence-electron chi connectivity index (χ3n) is 6.49. The molecule has 0 N–H and O–H groups in total. The molecule has 0 unspecified atom stereocenters. The highest BCUT2D eigenvalue weighted by atomic mass is 127. The van der Waals surface area contributed by atoms with Gasteiger partial charge in [-0.25, -0.2) is 14.2 Å². The van der Waals surface area contributed by atoms with E-state index in [1.54, 1.807) is 44.2 Å². The van der Waals surface area contributed by atoms with E-state index < -0.39 is 17.8 Å². The molecule has 0 spiro atoms. The van der Waals surface area contributed by atoms with Crippen molar-refractivity contribution in [2.75, 3.05) is 6.61 Å². The van der Waals surface area contributed by atoms with Gasteiger partial charge < -0.3 is 9.47 Å². The molecule has 0 radical (unpaired) electrons. The summed E-state index contributed by atoms with van der Waals surface area (Å²) >= 11 is 5.63. The van der Waals surface area contributed by atoms with Gasteiger partial charge in [0.1, 0.15) is 18.2 Å². The maximum absolute atomic E-state index is 14.0. The average molecular weight is 805 g/mol. The second kappa shape index (κ2) is 12.9. The molecular formula is C31H22FI2N3O4S. The summed E-state index contributed by atoms with van der Waals surface area (Å²) in [5.41, 5.74) is 3.08. The van der Waals surface area contributed by atoms with Gasteiger partial charge >= 0.3 is 5.97 Å². The highest BCUT2D eigenvalue weighted by molar-refractivity contribution is 14.1. The topological polar surface area (TPSA) is 93.7 Å². The number of aromatic nitrogens is 1. The van der Waals surface area contributed by atoms with Gasteiger partial charge in [-0.1, -0.05) is 35.6 Å².